The Bertz CT molecular complexity index is 3980. The molecule has 0 radical (unpaired) electrons. The highest BCUT2D eigenvalue weighted by Gasteiger charge is 2.41. The van der Waals surface area contributed by atoms with Crippen LogP contribution in [-0.2, 0) is 0 Å². The number of halogens is 1. The minimum absolute atomic E-state index is 0.239. The van der Waals surface area contributed by atoms with Crippen LogP contribution in [0.15, 0.2) is 271 Å². The molecule has 0 aliphatic carbocycles. The molecule has 0 aliphatic heterocycles. The van der Waals surface area contributed by atoms with Crippen LogP contribution in [0.3, 0.4) is 0 Å². The van der Waals surface area contributed by atoms with Gasteiger partial charge in [0.25, 0.3) is 0 Å². The third-order valence-corrected chi connectivity index (χ3v) is 19.0. The summed E-state index contributed by atoms with van der Waals surface area (Å²) in [5, 5.41) is 10.0. The standard InChI is InChI=1S/C66H44FNOSi/c67-52-23-14-21-49(41-52)47-19-12-17-45(39-47)46-18-13-20-48(40-46)50-35-38-65-62(43-50)60-33-16-32-58(66(60)69-65)51-22-15-24-53(42-51)68-63-34-11-10-31-59(63)61-44-57(36-37-64(61)68)70(54-25-4-1-5-26-54,55-27-6-2-7-28-55)56-29-8-3-9-30-56/h1-44H. The zero-order valence-corrected chi connectivity index (χ0v) is 39.1. The number of benzene rings is 11. The zero-order chi connectivity index (χ0) is 46.6. The Morgan fingerprint density at radius 3 is 1.47 bits per heavy atom. The maximum atomic E-state index is 14.1. The van der Waals surface area contributed by atoms with Crippen LogP contribution < -0.4 is 20.7 Å². The van der Waals surface area contributed by atoms with Crippen molar-refractivity contribution in [3.05, 3.63) is 273 Å². The molecule has 0 N–H and O–H groups in total. The second kappa shape index (κ2) is 17.0. The van der Waals surface area contributed by atoms with Crippen molar-refractivity contribution in [3.63, 3.8) is 0 Å². The van der Waals surface area contributed by atoms with Crippen LogP contribution in [0.5, 0.6) is 0 Å². The van der Waals surface area contributed by atoms with Crippen molar-refractivity contribution < 1.29 is 8.81 Å². The summed E-state index contributed by atoms with van der Waals surface area (Å²) in [6.45, 7) is 0. The number of hydrogen-bond donors (Lipinski definition) is 0. The predicted molar refractivity (Wildman–Crippen MR) is 293 cm³/mol. The maximum absolute atomic E-state index is 14.1. The Hall–Kier alpha value is -8.83. The summed E-state index contributed by atoms with van der Waals surface area (Å²) in [5.74, 6) is -0.239. The van der Waals surface area contributed by atoms with Gasteiger partial charge in [-0.2, -0.15) is 0 Å². The van der Waals surface area contributed by atoms with Gasteiger partial charge in [0.15, 0.2) is 8.07 Å². The van der Waals surface area contributed by atoms with Crippen LogP contribution in [0.4, 0.5) is 4.39 Å². The molecule has 0 unspecified atom stereocenters. The molecular weight excluding hydrogens is 870 g/mol. The quantitative estimate of drug-likeness (QED) is 0.104. The fourth-order valence-corrected chi connectivity index (χ4v) is 15.8. The van der Waals surface area contributed by atoms with Crippen molar-refractivity contribution >= 4 is 72.6 Å². The molecule has 13 rings (SSSR count). The summed E-state index contributed by atoms with van der Waals surface area (Å²) >= 11 is 0. The van der Waals surface area contributed by atoms with Gasteiger partial charge in [-0.1, -0.05) is 206 Å². The van der Waals surface area contributed by atoms with Crippen LogP contribution in [0.1, 0.15) is 0 Å². The first-order valence-corrected chi connectivity index (χ1v) is 25.8. The van der Waals surface area contributed by atoms with Gasteiger partial charge in [0.2, 0.25) is 0 Å². The first-order chi connectivity index (χ1) is 34.6. The van der Waals surface area contributed by atoms with Gasteiger partial charge in [-0.05, 0) is 120 Å². The van der Waals surface area contributed by atoms with Crippen LogP contribution in [-0.4, -0.2) is 12.6 Å². The Morgan fingerprint density at radius 1 is 0.314 bits per heavy atom. The first kappa shape index (κ1) is 41.4. The highest BCUT2D eigenvalue weighted by Crippen LogP contribution is 2.40. The lowest BCUT2D eigenvalue weighted by Gasteiger charge is -2.34. The van der Waals surface area contributed by atoms with Crippen LogP contribution >= 0.6 is 0 Å². The molecule has 0 fully saturated rings. The molecule has 2 heterocycles. The molecule has 13 aromatic rings. The highest BCUT2D eigenvalue weighted by atomic mass is 28.3. The lowest BCUT2D eigenvalue weighted by atomic mass is 9.95. The second-order valence-corrected chi connectivity index (χ2v) is 22.0. The molecule has 0 saturated carbocycles. The SMILES string of the molecule is Fc1cccc(-c2cccc(-c3cccc(-c4ccc5oc6c(-c7cccc(-n8c9ccccc9c9cc([Si](c%10ccccc%10)(c%10ccccc%10)c%10ccccc%10)ccc98)c7)cccc6c5c4)c3)c2)c1. The fraction of sp³-hybridized carbons (Fsp3) is 0. The van der Waals surface area contributed by atoms with Gasteiger partial charge in [-0.15, -0.1) is 0 Å². The van der Waals surface area contributed by atoms with E-state index in [4.69, 9.17) is 4.42 Å². The molecule has 11 aromatic carbocycles. The summed E-state index contributed by atoms with van der Waals surface area (Å²) < 4.78 is 23.3. The lowest BCUT2D eigenvalue weighted by Crippen LogP contribution is -2.74. The average molecular weight is 914 g/mol. The van der Waals surface area contributed by atoms with Gasteiger partial charge < -0.3 is 8.98 Å². The third kappa shape index (κ3) is 6.91. The first-order valence-electron chi connectivity index (χ1n) is 23.8. The molecule has 0 spiro atoms. The van der Waals surface area contributed by atoms with E-state index in [0.29, 0.717) is 0 Å². The average Bonchev–Trinajstić information content (AvgIpc) is 3.98. The van der Waals surface area contributed by atoms with Crippen molar-refractivity contribution in [2.75, 3.05) is 0 Å². The maximum Gasteiger partial charge on any atom is 0.179 e. The monoisotopic (exact) mass is 913 g/mol. The van der Waals surface area contributed by atoms with Crippen molar-refractivity contribution in [1.29, 1.82) is 0 Å². The van der Waals surface area contributed by atoms with E-state index >= 15 is 0 Å². The molecule has 0 bridgehead atoms. The van der Waals surface area contributed by atoms with Gasteiger partial charge in [0.1, 0.15) is 17.0 Å². The number of aromatic nitrogens is 1. The number of rotatable bonds is 9. The van der Waals surface area contributed by atoms with Crippen molar-refractivity contribution in [1.82, 2.24) is 4.57 Å². The second-order valence-electron chi connectivity index (χ2n) is 18.2. The number of hydrogen-bond acceptors (Lipinski definition) is 1. The van der Waals surface area contributed by atoms with Crippen molar-refractivity contribution in [2.24, 2.45) is 0 Å². The van der Waals surface area contributed by atoms with Crippen molar-refractivity contribution in [2.45, 2.75) is 0 Å². The Kier molecular flexibility index (Phi) is 10.1. The minimum Gasteiger partial charge on any atom is -0.455 e. The molecule has 4 heteroatoms. The Morgan fingerprint density at radius 2 is 0.829 bits per heavy atom. The summed E-state index contributed by atoms with van der Waals surface area (Å²) in [5.41, 5.74) is 13.5. The molecule has 0 atom stereocenters. The largest absolute Gasteiger partial charge is 0.455 e. The van der Waals surface area contributed by atoms with E-state index in [2.05, 4.69) is 235 Å². The molecule has 2 nitrogen and oxygen atoms in total. The van der Waals surface area contributed by atoms with E-state index in [0.717, 1.165) is 83.2 Å². The van der Waals surface area contributed by atoms with E-state index in [9.17, 15) is 4.39 Å². The number of nitrogens with zero attached hydrogens (tertiary/aromatic N) is 1. The molecule has 70 heavy (non-hydrogen) atoms. The highest BCUT2D eigenvalue weighted by molar-refractivity contribution is 7.20. The Balaban J connectivity index is 0.903. The minimum atomic E-state index is -2.75. The molecular formula is C66H44FNOSi. The Labute approximate surface area is 406 Å². The van der Waals surface area contributed by atoms with Crippen LogP contribution in [0.2, 0.25) is 0 Å². The van der Waals surface area contributed by atoms with Crippen LogP contribution in [0.25, 0.3) is 93.9 Å². The van der Waals surface area contributed by atoms with E-state index in [1.54, 1.807) is 12.1 Å². The van der Waals surface area contributed by atoms with E-state index in [1.807, 2.05) is 18.2 Å². The van der Waals surface area contributed by atoms with Gasteiger partial charge in [0, 0.05) is 32.8 Å². The van der Waals surface area contributed by atoms with E-state index < -0.39 is 8.07 Å². The van der Waals surface area contributed by atoms with E-state index in [-0.39, 0.29) is 5.82 Å². The normalized spacial score (nSPS) is 11.8. The molecule has 0 amide bonds. The molecule has 2 aromatic heterocycles. The summed E-state index contributed by atoms with van der Waals surface area (Å²) in [4.78, 5) is 0. The molecule has 0 saturated heterocycles. The number of para-hydroxylation sites is 2. The zero-order valence-electron chi connectivity index (χ0n) is 38.1. The van der Waals surface area contributed by atoms with Crippen molar-refractivity contribution in [3.8, 4) is 50.2 Å². The number of furan rings is 1. The van der Waals surface area contributed by atoms with Gasteiger partial charge in [-0.3, -0.25) is 0 Å². The molecule has 0 aliphatic rings. The van der Waals surface area contributed by atoms with Gasteiger partial charge >= 0.3 is 0 Å². The fourth-order valence-electron chi connectivity index (χ4n) is 11.0. The smallest absolute Gasteiger partial charge is 0.179 e. The van der Waals surface area contributed by atoms with Gasteiger partial charge in [-0.25, -0.2) is 4.39 Å². The van der Waals surface area contributed by atoms with E-state index in [1.165, 1.54) is 37.6 Å². The lowest BCUT2D eigenvalue weighted by molar-refractivity contribution is 0.628. The topological polar surface area (TPSA) is 18.1 Å². The summed E-state index contributed by atoms with van der Waals surface area (Å²) in [6, 6.07) is 95.0. The molecule has 330 valence electrons. The van der Waals surface area contributed by atoms with Crippen LogP contribution in [0, 0.1) is 5.82 Å². The number of fused-ring (bicyclic) bond motifs is 6. The summed E-state index contributed by atoms with van der Waals surface area (Å²) in [7, 11) is -2.75. The summed E-state index contributed by atoms with van der Waals surface area (Å²) in [6.07, 6.45) is 0. The predicted octanol–water partition coefficient (Wildman–Crippen LogP) is 14.9. The third-order valence-electron chi connectivity index (χ3n) is 14.2. The van der Waals surface area contributed by atoms with Gasteiger partial charge in [0.05, 0.1) is 11.0 Å².